The van der Waals surface area contributed by atoms with E-state index in [2.05, 4.69) is 10.6 Å². The number of hydrogen-bond donors (Lipinski definition) is 3. The minimum absolute atomic E-state index is 0.187. The number of anilines is 1. The lowest BCUT2D eigenvalue weighted by Crippen LogP contribution is -2.36. The van der Waals surface area contributed by atoms with Crippen LogP contribution in [0.2, 0.25) is 5.02 Å². The highest BCUT2D eigenvalue weighted by atomic mass is 35.5. The molecule has 0 radical (unpaired) electrons. The number of benzene rings is 2. The van der Waals surface area contributed by atoms with Crippen molar-refractivity contribution in [2.75, 3.05) is 5.32 Å². The number of carbonyl (C=O) groups is 3. The average Bonchev–Trinajstić information content (AvgIpc) is 2.68. The van der Waals surface area contributed by atoms with Crippen molar-refractivity contribution in [2.24, 2.45) is 5.73 Å². The van der Waals surface area contributed by atoms with E-state index in [1.54, 1.807) is 36.4 Å². The molecule has 0 spiro atoms. The first-order valence-corrected chi connectivity index (χ1v) is 9.57. The van der Waals surface area contributed by atoms with Gasteiger partial charge < -0.3 is 21.1 Å². The Kier molecular flexibility index (Phi) is 8.03. The maximum Gasteiger partial charge on any atom is 0.312 e. The highest BCUT2D eigenvalue weighted by Gasteiger charge is 2.23. The second kappa shape index (κ2) is 10.5. The molecule has 0 heterocycles. The lowest BCUT2D eigenvalue weighted by Gasteiger charge is -2.19. The molecule has 2 aromatic rings. The van der Waals surface area contributed by atoms with Crippen molar-refractivity contribution in [3.05, 3.63) is 64.7 Å². The number of urea groups is 1. The number of primary amides is 1. The summed E-state index contributed by atoms with van der Waals surface area (Å²) in [6.07, 6.45) is -0.295. The number of amides is 3. The van der Waals surface area contributed by atoms with E-state index in [1.807, 2.05) is 19.1 Å². The smallest absolute Gasteiger partial charge is 0.312 e. The van der Waals surface area contributed by atoms with E-state index in [9.17, 15) is 14.4 Å². The van der Waals surface area contributed by atoms with Gasteiger partial charge in [-0.2, -0.15) is 0 Å². The molecular formula is C21H24ClN3O4. The van der Waals surface area contributed by atoms with Gasteiger partial charge in [0, 0.05) is 10.7 Å². The molecule has 3 amide bonds. The van der Waals surface area contributed by atoms with E-state index in [4.69, 9.17) is 22.1 Å². The molecule has 2 rings (SSSR count). The SMILES string of the molecule is CCc1ccc(NC(=O)[C@@H](C)OC(=O)C[C@H](NC(N)=O)c2ccc(Cl)cc2)cc1. The highest BCUT2D eigenvalue weighted by molar-refractivity contribution is 6.30. The molecule has 0 aromatic heterocycles. The van der Waals surface area contributed by atoms with Gasteiger partial charge in [0.2, 0.25) is 0 Å². The third-order valence-corrected chi connectivity index (χ3v) is 4.52. The predicted molar refractivity (Wildman–Crippen MR) is 112 cm³/mol. The van der Waals surface area contributed by atoms with Crippen LogP contribution >= 0.6 is 11.6 Å². The van der Waals surface area contributed by atoms with Gasteiger partial charge in [0.15, 0.2) is 6.10 Å². The Morgan fingerprint density at radius 1 is 1.07 bits per heavy atom. The molecule has 0 unspecified atom stereocenters. The minimum Gasteiger partial charge on any atom is -0.452 e. The van der Waals surface area contributed by atoms with Crippen molar-refractivity contribution in [2.45, 2.75) is 38.8 Å². The van der Waals surface area contributed by atoms with Gasteiger partial charge in [0.1, 0.15) is 0 Å². The van der Waals surface area contributed by atoms with Gasteiger partial charge in [-0.1, -0.05) is 42.8 Å². The molecule has 29 heavy (non-hydrogen) atoms. The van der Waals surface area contributed by atoms with E-state index in [1.165, 1.54) is 6.92 Å². The summed E-state index contributed by atoms with van der Waals surface area (Å²) in [4.78, 5) is 35.9. The van der Waals surface area contributed by atoms with Crippen LogP contribution in [0.4, 0.5) is 10.5 Å². The Bertz CT molecular complexity index is 853. The van der Waals surface area contributed by atoms with Gasteiger partial charge in [-0.25, -0.2) is 4.79 Å². The van der Waals surface area contributed by atoms with E-state index in [0.717, 1.165) is 12.0 Å². The predicted octanol–water partition coefficient (Wildman–Crippen LogP) is 3.57. The molecule has 0 fully saturated rings. The summed E-state index contributed by atoms with van der Waals surface area (Å²) in [5, 5.41) is 5.72. The maximum absolute atomic E-state index is 12.3. The van der Waals surface area contributed by atoms with Gasteiger partial charge in [-0.15, -0.1) is 0 Å². The second-order valence-corrected chi connectivity index (χ2v) is 6.93. The molecule has 4 N–H and O–H groups in total. The zero-order valence-electron chi connectivity index (χ0n) is 16.3. The maximum atomic E-state index is 12.3. The summed E-state index contributed by atoms with van der Waals surface area (Å²) in [5.41, 5.74) is 7.60. The van der Waals surface area contributed by atoms with E-state index >= 15 is 0 Å². The number of rotatable bonds is 8. The van der Waals surface area contributed by atoms with Gasteiger partial charge in [-0.05, 0) is 48.7 Å². The van der Waals surface area contributed by atoms with Crippen LogP contribution < -0.4 is 16.4 Å². The molecule has 2 atom stereocenters. The zero-order valence-corrected chi connectivity index (χ0v) is 17.0. The molecule has 154 valence electrons. The van der Waals surface area contributed by atoms with Crippen molar-refractivity contribution in [1.82, 2.24) is 5.32 Å². The summed E-state index contributed by atoms with van der Waals surface area (Å²) < 4.78 is 5.22. The number of halogens is 1. The van der Waals surface area contributed by atoms with Crippen LogP contribution in [-0.4, -0.2) is 24.0 Å². The number of hydrogen-bond acceptors (Lipinski definition) is 4. The van der Waals surface area contributed by atoms with Crippen LogP contribution in [-0.2, 0) is 20.7 Å². The van der Waals surface area contributed by atoms with Gasteiger partial charge in [0.25, 0.3) is 5.91 Å². The first kappa shape index (κ1) is 22.2. The van der Waals surface area contributed by atoms with Crippen LogP contribution in [0.25, 0.3) is 0 Å². The summed E-state index contributed by atoms with van der Waals surface area (Å²) in [5.74, 6) is -1.10. The molecule has 0 aliphatic rings. The third-order valence-electron chi connectivity index (χ3n) is 4.27. The Labute approximate surface area is 174 Å². The Hall–Kier alpha value is -3.06. The highest BCUT2D eigenvalue weighted by Crippen LogP contribution is 2.20. The van der Waals surface area contributed by atoms with Crippen molar-refractivity contribution in [3.63, 3.8) is 0 Å². The first-order valence-electron chi connectivity index (χ1n) is 9.19. The Balaban J connectivity index is 1.95. The van der Waals surface area contributed by atoms with Crippen molar-refractivity contribution in [3.8, 4) is 0 Å². The minimum atomic E-state index is -1.01. The molecule has 7 nitrogen and oxygen atoms in total. The van der Waals surface area contributed by atoms with Crippen LogP contribution in [0, 0.1) is 0 Å². The zero-order chi connectivity index (χ0) is 21.4. The Morgan fingerprint density at radius 3 is 2.24 bits per heavy atom. The van der Waals surface area contributed by atoms with Gasteiger partial charge in [0.05, 0.1) is 12.5 Å². The first-order chi connectivity index (χ1) is 13.8. The van der Waals surface area contributed by atoms with Gasteiger partial charge in [-0.3, -0.25) is 9.59 Å². The van der Waals surface area contributed by atoms with E-state index in [0.29, 0.717) is 16.3 Å². The summed E-state index contributed by atoms with van der Waals surface area (Å²) >= 11 is 5.87. The number of nitrogens with two attached hydrogens (primary N) is 1. The van der Waals surface area contributed by atoms with Crippen LogP contribution in [0.5, 0.6) is 0 Å². The molecule has 8 heteroatoms. The summed E-state index contributed by atoms with van der Waals surface area (Å²) in [6, 6.07) is 12.6. The number of nitrogens with one attached hydrogen (secondary N) is 2. The lowest BCUT2D eigenvalue weighted by atomic mass is 10.0. The third kappa shape index (κ3) is 7.12. The molecule has 0 aliphatic carbocycles. The van der Waals surface area contributed by atoms with Gasteiger partial charge >= 0.3 is 12.0 Å². The quantitative estimate of drug-likeness (QED) is 0.570. The topological polar surface area (TPSA) is 111 Å². The molecule has 0 saturated heterocycles. The van der Waals surface area contributed by atoms with Crippen LogP contribution in [0.3, 0.4) is 0 Å². The van der Waals surface area contributed by atoms with Crippen molar-refractivity contribution >= 4 is 35.2 Å². The molecular weight excluding hydrogens is 394 g/mol. The molecule has 0 aliphatic heterocycles. The molecule has 2 aromatic carbocycles. The number of esters is 1. The number of carbonyl (C=O) groups excluding carboxylic acids is 3. The largest absolute Gasteiger partial charge is 0.452 e. The van der Waals surface area contributed by atoms with Crippen molar-refractivity contribution < 1.29 is 19.1 Å². The van der Waals surface area contributed by atoms with Crippen LogP contribution in [0.15, 0.2) is 48.5 Å². The summed E-state index contributed by atoms with van der Waals surface area (Å²) in [6.45, 7) is 3.52. The molecule has 0 bridgehead atoms. The second-order valence-electron chi connectivity index (χ2n) is 6.49. The normalized spacial score (nSPS) is 12.5. The summed E-state index contributed by atoms with van der Waals surface area (Å²) in [7, 11) is 0. The fourth-order valence-electron chi connectivity index (χ4n) is 2.65. The monoisotopic (exact) mass is 417 g/mol. The number of ether oxygens (including phenoxy) is 1. The van der Waals surface area contributed by atoms with Crippen molar-refractivity contribution in [1.29, 1.82) is 0 Å². The number of aryl methyl sites for hydroxylation is 1. The van der Waals surface area contributed by atoms with E-state index < -0.39 is 30.1 Å². The van der Waals surface area contributed by atoms with Crippen LogP contribution in [0.1, 0.15) is 37.4 Å². The fourth-order valence-corrected chi connectivity index (χ4v) is 2.78. The lowest BCUT2D eigenvalue weighted by molar-refractivity contribution is -0.153. The fraction of sp³-hybridized carbons (Fsp3) is 0.286. The molecule has 0 saturated carbocycles. The average molecular weight is 418 g/mol. The standard InChI is InChI=1S/C21H24ClN3O4/c1-3-14-4-10-17(11-5-14)24-20(27)13(2)29-19(26)12-18(25-21(23)28)15-6-8-16(22)9-7-15/h4-11,13,18H,3,12H2,1-2H3,(H,24,27)(H3,23,25,28)/t13-,18+/m1/s1. The Morgan fingerprint density at radius 2 is 1.69 bits per heavy atom. The van der Waals surface area contributed by atoms with E-state index in [-0.39, 0.29) is 6.42 Å².